The van der Waals surface area contributed by atoms with Gasteiger partial charge in [0.1, 0.15) is 6.61 Å². The first kappa shape index (κ1) is 17.5. The van der Waals surface area contributed by atoms with Crippen molar-refractivity contribution in [1.82, 2.24) is 4.90 Å². The monoisotopic (exact) mass is 363 g/mol. The van der Waals surface area contributed by atoms with Gasteiger partial charge in [-0.1, -0.05) is 11.8 Å². The summed E-state index contributed by atoms with van der Waals surface area (Å²) in [5, 5.41) is 20.2. The van der Waals surface area contributed by atoms with Gasteiger partial charge < -0.3 is 19.7 Å². The van der Waals surface area contributed by atoms with Crippen LogP contribution in [0.5, 0.6) is 0 Å². The molecule has 3 aliphatic rings. The van der Waals surface area contributed by atoms with Crippen molar-refractivity contribution in [2.45, 2.75) is 31.0 Å². The molecule has 4 rings (SSSR count). The van der Waals surface area contributed by atoms with Crippen molar-refractivity contribution in [3.8, 4) is 11.8 Å². The number of hydrogen-bond acceptors (Lipinski definition) is 6. The number of likely N-dealkylation sites (tertiary alicyclic amines) is 1. The second-order valence-electron chi connectivity index (χ2n) is 7.21. The molecule has 4 atom stereocenters. The van der Waals surface area contributed by atoms with Gasteiger partial charge in [-0.25, -0.2) is 0 Å². The summed E-state index contributed by atoms with van der Waals surface area (Å²) in [5.74, 6) is 6.00. The Morgan fingerprint density at radius 1 is 1.28 bits per heavy atom. The van der Waals surface area contributed by atoms with Gasteiger partial charge in [0.25, 0.3) is 0 Å². The highest BCUT2D eigenvalue weighted by molar-refractivity contribution is 7.12. The fourth-order valence-corrected chi connectivity index (χ4v) is 5.52. The standard InChI is InChI=1S/C19H25NO4S/c21-7-1-2-15-3-4-16(25-15)11-20-10-14-12-24-9-6-19(14,22)17-13-23-8-5-18(17)20/h3-4,14,17-18,21-22H,5-13H2/t14-,17+,18-,19-/m1/s1. The first-order valence-electron chi connectivity index (χ1n) is 9.01. The summed E-state index contributed by atoms with van der Waals surface area (Å²) in [7, 11) is 0. The van der Waals surface area contributed by atoms with E-state index in [1.807, 2.05) is 6.07 Å². The minimum absolute atomic E-state index is 0.108. The minimum Gasteiger partial charge on any atom is -0.389 e. The number of nitrogens with zero attached hydrogens (tertiary/aromatic N) is 1. The van der Waals surface area contributed by atoms with Crippen LogP contribution in [0.1, 0.15) is 22.6 Å². The Morgan fingerprint density at radius 2 is 2.16 bits per heavy atom. The molecule has 3 fully saturated rings. The summed E-state index contributed by atoms with van der Waals surface area (Å²) in [6, 6.07) is 4.51. The first-order valence-corrected chi connectivity index (χ1v) is 9.82. The largest absolute Gasteiger partial charge is 0.389 e. The lowest BCUT2D eigenvalue weighted by Gasteiger charge is -2.57. The van der Waals surface area contributed by atoms with Crippen molar-refractivity contribution >= 4 is 11.3 Å². The summed E-state index contributed by atoms with van der Waals surface area (Å²) in [6.45, 7) is 4.33. The van der Waals surface area contributed by atoms with Gasteiger partial charge in [-0.3, -0.25) is 4.90 Å². The van der Waals surface area contributed by atoms with E-state index >= 15 is 0 Å². The molecule has 4 heterocycles. The summed E-state index contributed by atoms with van der Waals surface area (Å²) in [4.78, 5) is 4.77. The highest BCUT2D eigenvalue weighted by atomic mass is 32.1. The number of hydrogen-bond donors (Lipinski definition) is 2. The first-order chi connectivity index (χ1) is 12.2. The quantitative estimate of drug-likeness (QED) is 0.770. The second-order valence-corrected chi connectivity index (χ2v) is 8.37. The summed E-state index contributed by atoms with van der Waals surface area (Å²) in [6.07, 6.45) is 1.69. The maximum Gasteiger partial charge on any atom is 0.104 e. The van der Waals surface area contributed by atoms with E-state index in [0.29, 0.717) is 25.9 Å². The lowest BCUT2D eigenvalue weighted by atomic mass is 9.66. The molecule has 3 saturated heterocycles. The van der Waals surface area contributed by atoms with Crippen molar-refractivity contribution in [1.29, 1.82) is 0 Å². The Bertz CT molecular complexity index is 666. The third kappa shape index (κ3) is 3.37. The zero-order valence-corrected chi connectivity index (χ0v) is 15.1. The van der Waals surface area contributed by atoms with Crippen molar-refractivity contribution in [2.75, 3.05) is 39.6 Å². The topological polar surface area (TPSA) is 62.2 Å². The van der Waals surface area contributed by atoms with E-state index in [1.165, 1.54) is 4.88 Å². The van der Waals surface area contributed by atoms with Gasteiger partial charge in [0.15, 0.2) is 0 Å². The fraction of sp³-hybridized carbons (Fsp3) is 0.684. The van der Waals surface area contributed by atoms with Crippen LogP contribution < -0.4 is 0 Å². The smallest absolute Gasteiger partial charge is 0.104 e. The molecule has 0 unspecified atom stereocenters. The number of fused-ring (bicyclic) bond motifs is 3. The molecule has 0 bridgehead atoms. The molecule has 136 valence electrons. The Morgan fingerprint density at radius 3 is 3.04 bits per heavy atom. The van der Waals surface area contributed by atoms with Gasteiger partial charge in [0.05, 0.1) is 23.7 Å². The number of aliphatic hydroxyl groups is 2. The maximum atomic E-state index is 11.3. The van der Waals surface area contributed by atoms with Crippen LogP contribution in [0.25, 0.3) is 0 Å². The van der Waals surface area contributed by atoms with Crippen LogP contribution in [0.15, 0.2) is 12.1 Å². The lowest BCUT2D eigenvalue weighted by molar-refractivity contribution is -0.221. The van der Waals surface area contributed by atoms with E-state index in [9.17, 15) is 5.11 Å². The normalized spacial score (nSPS) is 35.4. The number of rotatable bonds is 2. The van der Waals surface area contributed by atoms with Gasteiger partial charge in [-0.2, -0.15) is 0 Å². The van der Waals surface area contributed by atoms with Crippen LogP contribution >= 0.6 is 11.3 Å². The number of thiophene rings is 1. The van der Waals surface area contributed by atoms with Crippen LogP contribution in [-0.2, 0) is 16.0 Å². The predicted molar refractivity (Wildman–Crippen MR) is 95.3 cm³/mol. The van der Waals surface area contributed by atoms with Gasteiger partial charge in [-0.15, -0.1) is 11.3 Å². The highest BCUT2D eigenvalue weighted by Gasteiger charge is 2.55. The summed E-state index contributed by atoms with van der Waals surface area (Å²) in [5.41, 5.74) is -0.646. The maximum absolute atomic E-state index is 11.3. The SMILES string of the molecule is OCC#Cc1ccc(CN2C[C@@H]3COCC[C@]3(O)[C@H]3COCC[C@H]32)s1. The van der Waals surface area contributed by atoms with Crippen molar-refractivity contribution in [3.05, 3.63) is 21.9 Å². The Balaban J connectivity index is 1.53. The molecule has 6 heteroatoms. The van der Waals surface area contributed by atoms with Crippen LogP contribution in [-0.4, -0.2) is 66.3 Å². The molecule has 25 heavy (non-hydrogen) atoms. The minimum atomic E-state index is -0.646. The Labute approximate surface area is 152 Å². The molecule has 0 aromatic carbocycles. The second kappa shape index (κ2) is 7.36. The molecule has 5 nitrogen and oxygen atoms in total. The van der Waals surface area contributed by atoms with E-state index in [4.69, 9.17) is 14.6 Å². The van der Waals surface area contributed by atoms with Crippen LogP contribution in [0.2, 0.25) is 0 Å². The molecule has 1 aromatic heterocycles. The van der Waals surface area contributed by atoms with Crippen molar-refractivity contribution in [2.24, 2.45) is 11.8 Å². The van der Waals surface area contributed by atoms with Gasteiger partial charge in [-0.05, 0) is 18.6 Å². The third-order valence-corrected chi connectivity index (χ3v) is 6.86. The molecule has 0 saturated carbocycles. The highest BCUT2D eigenvalue weighted by Crippen LogP contribution is 2.44. The molecule has 0 spiro atoms. The van der Waals surface area contributed by atoms with Crippen LogP contribution in [0.3, 0.4) is 0 Å². The van der Waals surface area contributed by atoms with Gasteiger partial charge >= 0.3 is 0 Å². The van der Waals surface area contributed by atoms with Crippen molar-refractivity contribution < 1.29 is 19.7 Å². The molecule has 0 amide bonds. The average molecular weight is 363 g/mol. The summed E-state index contributed by atoms with van der Waals surface area (Å²) >= 11 is 1.68. The van der Waals surface area contributed by atoms with Crippen molar-refractivity contribution in [3.63, 3.8) is 0 Å². The molecule has 1 aromatic rings. The molecule has 0 radical (unpaired) electrons. The van der Waals surface area contributed by atoms with E-state index in [2.05, 4.69) is 22.8 Å². The van der Waals surface area contributed by atoms with E-state index < -0.39 is 5.60 Å². The summed E-state index contributed by atoms with van der Waals surface area (Å²) < 4.78 is 11.4. The van der Waals surface area contributed by atoms with E-state index in [1.54, 1.807) is 11.3 Å². The third-order valence-electron chi connectivity index (χ3n) is 5.87. The van der Waals surface area contributed by atoms with E-state index in [-0.39, 0.29) is 18.4 Å². The number of aliphatic hydroxyl groups excluding tert-OH is 1. The molecule has 0 aliphatic carbocycles. The van der Waals surface area contributed by atoms with Crippen LogP contribution in [0.4, 0.5) is 0 Å². The molecule has 3 aliphatic heterocycles. The van der Waals surface area contributed by atoms with Gasteiger partial charge in [0, 0.05) is 55.5 Å². The molecular formula is C19H25NO4S. The number of piperidine rings is 1. The zero-order chi connectivity index (χ0) is 17.3. The van der Waals surface area contributed by atoms with E-state index in [0.717, 1.165) is 37.4 Å². The zero-order valence-electron chi connectivity index (χ0n) is 14.3. The fourth-order valence-electron chi connectivity index (χ4n) is 4.61. The Hall–Kier alpha value is -0.940. The Kier molecular flexibility index (Phi) is 5.14. The van der Waals surface area contributed by atoms with Gasteiger partial charge in [0.2, 0.25) is 0 Å². The molecular weight excluding hydrogens is 338 g/mol. The molecule has 2 N–H and O–H groups in total. The average Bonchev–Trinajstić information content (AvgIpc) is 3.08. The predicted octanol–water partition coefficient (Wildman–Crippen LogP) is 1.08. The number of ether oxygens (including phenoxy) is 2. The lowest BCUT2D eigenvalue weighted by Crippen LogP contribution is -2.67. The van der Waals surface area contributed by atoms with Crippen LogP contribution in [0, 0.1) is 23.7 Å².